The van der Waals surface area contributed by atoms with Gasteiger partial charge in [-0.2, -0.15) is 0 Å². The first-order chi connectivity index (χ1) is 4.18. The second kappa shape index (κ2) is 10.0. The van der Waals surface area contributed by atoms with Gasteiger partial charge in [0, 0.05) is 6.08 Å². The lowest BCUT2D eigenvalue weighted by atomic mass is 10.5. The lowest BCUT2D eigenvalue weighted by Gasteiger charge is -1.68. The molecule has 0 bridgehead atoms. The van der Waals surface area contributed by atoms with Crippen molar-refractivity contribution in [2.24, 2.45) is 0 Å². The summed E-state index contributed by atoms with van der Waals surface area (Å²) < 4.78 is 0. The molecule has 0 rings (SSSR count). The Morgan fingerprint density at radius 3 is 1.89 bits per heavy atom. The van der Waals surface area contributed by atoms with Gasteiger partial charge < -0.3 is 5.11 Å². The number of hydrogen-bond donors (Lipinski definition) is 1. The molecule has 0 aromatic carbocycles. The average molecular weight is 128 g/mol. The van der Waals surface area contributed by atoms with Crippen molar-refractivity contribution in [1.29, 1.82) is 0 Å². The third-order valence-electron chi connectivity index (χ3n) is 0.309. The first-order valence-electron chi connectivity index (χ1n) is 2.61. The largest absolute Gasteiger partial charge is 0.478 e. The monoisotopic (exact) mass is 128 g/mol. The van der Waals surface area contributed by atoms with Gasteiger partial charge in [0.15, 0.2) is 0 Å². The van der Waals surface area contributed by atoms with Crippen molar-refractivity contribution in [3.63, 3.8) is 0 Å². The van der Waals surface area contributed by atoms with E-state index in [1.54, 1.807) is 13.0 Å². The molecule has 0 amide bonds. The molecule has 1 N–H and O–H groups in total. The summed E-state index contributed by atoms with van der Waals surface area (Å²) in [6.45, 7) is 6.91. The van der Waals surface area contributed by atoms with E-state index in [4.69, 9.17) is 5.11 Å². The first kappa shape index (κ1) is 10.8. The minimum atomic E-state index is -0.891. The van der Waals surface area contributed by atoms with Crippen LogP contribution < -0.4 is 0 Å². The average Bonchev–Trinajstić information content (AvgIpc) is 1.67. The van der Waals surface area contributed by atoms with E-state index in [0.29, 0.717) is 0 Å². The van der Waals surface area contributed by atoms with E-state index in [2.05, 4.69) is 6.58 Å². The quantitative estimate of drug-likeness (QED) is 0.432. The molecule has 0 saturated carbocycles. The number of hydrogen-bond acceptors (Lipinski definition) is 1. The molecule has 2 nitrogen and oxygen atoms in total. The van der Waals surface area contributed by atoms with E-state index in [0.717, 1.165) is 6.08 Å². The molecule has 0 fully saturated rings. The van der Waals surface area contributed by atoms with Crippen LogP contribution in [0.3, 0.4) is 0 Å². The number of carboxylic acid groups (broad SMARTS) is 1. The Hall–Kier alpha value is -1.05. The van der Waals surface area contributed by atoms with Crippen molar-refractivity contribution in [2.75, 3.05) is 0 Å². The second-order valence-corrected chi connectivity index (χ2v) is 1.25. The summed E-state index contributed by atoms with van der Waals surface area (Å²) in [4.78, 5) is 9.51. The zero-order valence-electron chi connectivity index (χ0n) is 5.79. The maximum absolute atomic E-state index is 9.51. The van der Waals surface area contributed by atoms with Crippen LogP contribution in [0.5, 0.6) is 0 Å². The molecule has 0 aliphatic carbocycles. The van der Waals surface area contributed by atoms with Crippen LogP contribution in [0.4, 0.5) is 0 Å². The highest BCUT2D eigenvalue weighted by atomic mass is 16.4. The summed E-state index contributed by atoms with van der Waals surface area (Å²) >= 11 is 0. The topological polar surface area (TPSA) is 37.3 Å². The maximum Gasteiger partial charge on any atom is 0.327 e. The van der Waals surface area contributed by atoms with Crippen molar-refractivity contribution in [2.45, 2.75) is 13.8 Å². The van der Waals surface area contributed by atoms with Gasteiger partial charge in [-0.3, -0.25) is 0 Å². The van der Waals surface area contributed by atoms with Crippen LogP contribution in [-0.2, 0) is 4.79 Å². The smallest absolute Gasteiger partial charge is 0.327 e. The third-order valence-corrected chi connectivity index (χ3v) is 0.309. The summed E-state index contributed by atoms with van der Waals surface area (Å²) in [7, 11) is 0. The Bertz CT molecular complexity index is 103. The number of carboxylic acids is 1. The van der Waals surface area contributed by atoms with E-state index < -0.39 is 5.97 Å². The Kier molecular flexibility index (Phi) is 12.1. The van der Waals surface area contributed by atoms with Gasteiger partial charge in [0.2, 0.25) is 0 Å². The molecule has 0 saturated heterocycles. The van der Waals surface area contributed by atoms with Crippen molar-refractivity contribution in [1.82, 2.24) is 0 Å². The lowest BCUT2D eigenvalue weighted by molar-refractivity contribution is -0.131. The van der Waals surface area contributed by atoms with Gasteiger partial charge in [-0.15, -0.1) is 6.58 Å². The highest BCUT2D eigenvalue weighted by Crippen LogP contribution is 1.65. The Balaban J connectivity index is 0. The molecule has 0 aromatic heterocycles. The zero-order chi connectivity index (χ0) is 7.70. The fourth-order valence-corrected chi connectivity index (χ4v) is 0.143. The van der Waals surface area contributed by atoms with Gasteiger partial charge in [-0.1, -0.05) is 12.2 Å². The lowest BCUT2D eigenvalue weighted by Crippen LogP contribution is -1.83. The molecule has 52 valence electrons. The normalized spacial score (nSPS) is 7.78. The SMILES string of the molecule is C/C=C/C(=O)O.C=CC. The van der Waals surface area contributed by atoms with Gasteiger partial charge in [0.05, 0.1) is 0 Å². The molecule has 0 atom stereocenters. The molecule has 9 heavy (non-hydrogen) atoms. The minimum Gasteiger partial charge on any atom is -0.478 e. The summed E-state index contributed by atoms with van der Waals surface area (Å²) in [6.07, 6.45) is 4.31. The number of rotatable bonds is 1. The predicted octanol–water partition coefficient (Wildman–Crippen LogP) is 1.84. The molecular weight excluding hydrogens is 116 g/mol. The van der Waals surface area contributed by atoms with Crippen LogP contribution in [0.25, 0.3) is 0 Å². The Morgan fingerprint density at radius 2 is 1.89 bits per heavy atom. The Labute approximate surface area is 55.5 Å². The molecule has 2 heteroatoms. The third kappa shape index (κ3) is 44.8. The summed E-state index contributed by atoms with van der Waals surface area (Å²) in [5.74, 6) is -0.891. The number of carbonyl (C=O) groups is 1. The molecule has 0 aliphatic heterocycles. The summed E-state index contributed by atoms with van der Waals surface area (Å²) in [5.41, 5.74) is 0. The highest BCUT2D eigenvalue weighted by Gasteiger charge is 1.76. The van der Waals surface area contributed by atoms with Crippen molar-refractivity contribution < 1.29 is 9.90 Å². The summed E-state index contributed by atoms with van der Waals surface area (Å²) in [6, 6.07) is 0. The van der Waals surface area contributed by atoms with Crippen LogP contribution in [0.1, 0.15) is 13.8 Å². The summed E-state index contributed by atoms with van der Waals surface area (Å²) in [5, 5.41) is 7.83. The zero-order valence-corrected chi connectivity index (χ0v) is 5.79. The maximum atomic E-state index is 9.51. The standard InChI is InChI=1S/C4H6O2.C3H6/c1-2-3-4(5)6;1-3-2/h2-3H,1H3,(H,5,6);3H,1H2,2H3/b3-2+;. The van der Waals surface area contributed by atoms with Crippen LogP contribution >= 0.6 is 0 Å². The van der Waals surface area contributed by atoms with E-state index in [9.17, 15) is 4.79 Å². The van der Waals surface area contributed by atoms with Gasteiger partial charge in [-0.25, -0.2) is 4.79 Å². The molecule has 0 heterocycles. The van der Waals surface area contributed by atoms with Crippen molar-refractivity contribution >= 4 is 5.97 Å². The van der Waals surface area contributed by atoms with Gasteiger partial charge >= 0.3 is 5.97 Å². The second-order valence-electron chi connectivity index (χ2n) is 1.25. The molecule has 0 unspecified atom stereocenters. The predicted molar refractivity (Wildman–Crippen MR) is 38.3 cm³/mol. The van der Waals surface area contributed by atoms with Crippen LogP contribution in [0.15, 0.2) is 24.8 Å². The van der Waals surface area contributed by atoms with E-state index in [1.165, 1.54) is 6.08 Å². The number of aliphatic carboxylic acids is 1. The van der Waals surface area contributed by atoms with Crippen molar-refractivity contribution in [3.05, 3.63) is 24.8 Å². The first-order valence-corrected chi connectivity index (χ1v) is 2.61. The van der Waals surface area contributed by atoms with E-state index in [-0.39, 0.29) is 0 Å². The van der Waals surface area contributed by atoms with Crippen molar-refractivity contribution in [3.8, 4) is 0 Å². The van der Waals surface area contributed by atoms with Gasteiger partial charge in [0.25, 0.3) is 0 Å². The van der Waals surface area contributed by atoms with E-state index in [1.807, 2.05) is 6.92 Å². The van der Waals surface area contributed by atoms with Crippen LogP contribution in [0, 0.1) is 0 Å². The van der Waals surface area contributed by atoms with Gasteiger partial charge in [0.1, 0.15) is 0 Å². The van der Waals surface area contributed by atoms with E-state index >= 15 is 0 Å². The highest BCUT2D eigenvalue weighted by molar-refractivity contribution is 5.79. The molecule has 0 aliphatic rings. The number of allylic oxidation sites excluding steroid dienone is 2. The van der Waals surface area contributed by atoms with Crippen LogP contribution in [-0.4, -0.2) is 11.1 Å². The molecular formula is C7H12O2. The fraction of sp³-hybridized carbons (Fsp3) is 0.286. The Morgan fingerprint density at radius 1 is 1.56 bits per heavy atom. The fourth-order valence-electron chi connectivity index (χ4n) is 0.143. The molecule has 0 radical (unpaired) electrons. The van der Waals surface area contributed by atoms with Gasteiger partial charge in [-0.05, 0) is 13.8 Å². The molecule has 0 aromatic rings. The minimum absolute atomic E-state index is 0.891. The molecule has 0 spiro atoms. The van der Waals surface area contributed by atoms with Crippen LogP contribution in [0.2, 0.25) is 0 Å².